The molecule has 2 aliphatic heterocycles. The van der Waals surface area contributed by atoms with Crippen molar-refractivity contribution < 1.29 is 13.2 Å². The highest BCUT2D eigenvalue weighted by Crippen LogP contribution is 2.34. The molecule has 1 amide bonds. The van der Waals surface area contributed by atoms with Gasteiger partial charge in [-0.2, -0.15) is 4.31 Å². The van der Waals surface area contributed by atoms with Gasteiger partial charge in [0.2, 0.25) is 15.9 Å². The lowest BCUT2D eigenvalue weighted by molar-refractivity contribution is -0.138. The van der Waals surface area contributed by atoms with E-state index in [4.69, 9.17) is 0 Å². The lowest BCUT2D eigenvalue weighted by Gasteiger charge is -2.54. The van der Waals surface area contributed by atoms with Crippen molar-refractivity contribution in [1.29, 1.82) is 0 Å². The summed E-state index contributed by atoms with van der Waals surface area (Å²) in [6, 6.07) is 0.111. The smallest absolute Gasteiger partial charge is 0.225 e. The molecule has 120 valence electrons. The number of piperazine rings is 2. The van der Waals surface area contributed by atoms with Crippen molar-refractivity contribution in [3.05, 3.63) is 0 Å². The normalized spacial score (nSPS) is 31.0. The summed E-state index contributed by atoms with van der Waals surface area (Å²) in [6.45, 7) is 7.48. The van der Waals surface area contributed by atoms with Gasteiger partial charge in [0.1, 0.15) is 0 Å². The number of carbonyl (C=O) groups is 1. The Morgan fingerprint density at radius 3 is 2.38 bits per heavy atom. The molecule has 3 fully saturated rings. The van der Waals surface area contributed by atoms with Crippen LogP contribution in [-0.2, 0) is 14.8 Å². The molecule has 3 rings (SSSR count). The zero-order valence-electron chi connectivity index (χ0n) is 13.1. The summed E-state index contributed by atoms with van der Waals surface area (Å²) in [5.41, 5.74) is -0.180. The van der Waals surface area contributed by atoms with E-state index in [0.29, 0.717) is 19.6 Å². The van der Waals surface area contributed by atoms with Crippen molar-refractivity contribution in [2.24, 2.45) is 5.92 Å². The first-order valence-electron chi connectivity index (χ1n) is 7.69. The van der Waals surface area contributed by atoms with Gasteiger partial charge in [-0.15, -0.1) is 0 Å². The van der Waals surface area contributed by atoms with Gasteiger partial charge in [-0.1, -0.05) is 0 Å². The monoisotopic (exact) mass is 315 g/mol. The number of amides is 1. The van der Waals surface area contributed by atoms with Gasteiger partial charge in [-0.05, 0) is 26.7 Å². The van der Waals surface area contributed by atoms with Gasteiger partial charge < -0.3 is 4.90 Å². The SMILES string of the molecule is CC1(C)CN(S(C)(=O)=O)CC2CN(C(=O)C3CC3)CCN21. The van der Waals surface area contributed by atoms with E-state index in [1.807, 2.05) is 4.90 Å². The maximum atomic E-state index is 12.3. The van der Waals surface area contributed by atoms with E-state index >= 15 is 0 Å². The van der Waals surface area contributed by atoms with Crippen molar-refractivity contribution in [1.82, 2.24) is 14.1 Å². The van der Waals surface area contributed by atoms with E-state index in [1.54, 1.807) is 4.31 Å². The Morgan fingerprint density at radius 2 is 1.81 bits per heavy atom. The maximum Gasteiger partial charge on any atom is 0.225 e. The van der Waals surface area contributed by atoms with Crippen LogP contribution in [0.1, 0.15) is 26.7 Å². The molecule has 7 heteroatoms. The molecule has 0 radical (unpaired) electrons. The molecule has 0 aromatic carbocycles. The molecule has 1 aliphatic carbocycles. The summed E-state index contributed by atoms with van der Waals surface area (Å²) < 4.78 is 25.4. The average Bonchev–Trinajstić information content (AvgIpc) is 3.19. The van der Waals surface area contributed by atoms with Crippen LogP contribution in [0.2, 0.25) is 0 Å². The average molecular weight is 315 g/mol. The second-order valence-electron chi connectivity index (χ2n) is 7.27. The van der Waals surface area contributed by atoms with Gasteiger partial charge in [0, 0.05) is 50.2 Å². The second-order valence-corrected chi connectivity index (χ2v) is 9.26. The molecule has 0 N–H and O–H groups in total. The summed E-state index contributed by atoms with van der Waals surface area (Å²) in [7, 11) is -3.19. The van der Waals surface area contributed by atoms with Gasteiger partial charge in [-0.25, -0.2) is 8.42 Å². The molecule has 2 saturated heterocycles. The van der Waals surface area contributed by atoms with Gasteiger partial charge in [0.05, 0.1) is 6.26 Å². The first-order chi connectivity index (χ1) is 9.68. The standard InChI is InChI=1S/C14H25N3O3S/c1-14(2)10-16(21(3,19)20)9-12-8-15(6-7-17(12)14)13(18)11-4-5-11/h11-12H,4-10H2,1-3H3. The van der Waals surface area contributed by atoms with Crippen molar-refractivity contribution in [2.75, 3.05) is 39.0 Å². The van der Waals surface area contributed by atoms with Gasteiger partial charge in [0.15, 0.2) is 0 Å². The molecular formula is C14H25N3O3S. The first-order valence-corrected chi connectivity index (χ1v) is 9.54. The molecular weight excluding hydrogens is 290 g/mol. The summed E-state index contributed by atoms with van der Waals surface area (Å²) in [6.07, 6.45) is 3.31. The number of carbonyl (C=O) groups excluding carboxylic acids is 1. The van der Waals surface area contributed by atoms with Crippen molar-refractivity contribution in [2.45, 2.75) is 38.3 Å². The number of rotatable bonds is 2. The molecule has 6 nitrogen and oxygen atoms in total. The van der Waals surface area contributed by atoms with E-state index in [-0.39, 0.29) is 23.4 Å². The highest BCUT2D eigenvalue weighted by Gasteiger charge is 2.46. The molecule has 3 aliphatic rings. The number of nitrogens with zero attached hydrogens (tertiary/aromatic N) is 3. The minimum Gasteiger partial charge on any atom is -0.340 e. The van der Waals surface area contributed by atoms with Crippen LogP contribution in [0.15, 0.2) is 0 Å². The van der Waals surface area contributed by atoms with Gasteiger partial charge in [-0.3, -0.25) is 9.69 Å². The van der Waals surface area contributed by atoms with Crippen LogP contribution in [0.25, 0.3) is 0 Å². The lowest BCUT2D eigenvalue weighted by Crippen LogP contribution is -2.70. The Morgan fingerprint density at radius 1 is 1.14 bits per heavy atom. The zero-order valence-corrected chi connectivity index (χ0v) is 13.9. The predicted octanol–water partition coefficient (Wildman–Crippen LogP) is -0.0370. The van der Waals surface area contributed by atoms with E-state index < -0.39 is 10.0 Å². The Bertz CT molecular complexity index is 542. The topological polar surface area (TPSA) is 60.9 Å². The van der Waals surface area contributed by atoms with E-state index in [1.165, 1.54) is 6.26 Å². The van der Waals surface area contributed by atoms with Crippen molar-refractivity contribution >= 4 is 15.9 Å². The quantitative estimate of drug-likeness (QED) is 0.718. The zero-order chi connectivity index (χ0) is 15.4. The number of fused-ring (bicyclic) bond motifs is 1. The third-order valence-corrected chi connectivity index (χ3v) is 6.16. The fraction of sp³-hybridized carbons (Fsp3) is 0.929. The highest BCUT2D eigenvalue weighted by atomic mass is 32.2. The summed E-state index contributed by atoms with van der Waals surface area (Å²) in [4.78, 5) is 16.6. The van der Waals surface area contributed by atoms with Crippen LogP contribution >= 0.6 is 0 Å². The number of sulfonamides is 1. The Balaban J connectivity index is 1.76. The lowest BCUT2D eigenvalue weighted by atomic mass is 9.94. The Hall–Kier alpha value is -0.660. The molecule has 0 bridgehead atoms. The summed E-state index contributed by atoms with van der Waals surface area (Å²) >= 11 is 0. The minimum atomic E-state index is -3.19. The largest absolute Gasteiger partial charge is 0.340 e. The number of hydrogen-bond donors (Lipinski definition) is 0. The molecule has 2 heterocycles. The van der Waals surface area contributed by atoms with Crippen LogP contribution < -0.4 is 0 Å². The third-order valence-electron chi connectivity index (χ3n) is 4.95. The highest BCUT2D eigenvalue weighted by molar-refractivity contribution is 7.88. The molecule has 0 aromatic heterocycles. The number of hydrogen-bond acceptors (Lipinski definition) is 4. The predicted molar refractivity (Wildman–Crippen MR) is 80.3 cm³/mol. The fourth-order valence-electron chi connectivity index (χ4n) is 3.67. The van der Waals surface area contributed by atoms with Crippen molar-refractivity contribution in [3.8, 4) is 0 Å². The van der Waals surface area contributed by atoms with Crippen LogP contribution in [0.3, 0.4) is 0 Å². The third kappa shape index (κ3) is 2.96. The molecule has 1 saturated carbocycles. The molecule has 1 unspecified atom stereocenters. The van der Waals surface area contributed by atoms with E-state index in [9.17, 15) is 13.2 Å². The summed E-state index contributed by atoms with van der Waals surface area (Å²) in [5.74, 6) is 0.503. The molecule has 21 heavy (non-hydrogen) atoms. The van der Waals surface area contributed by atoms with E-state index in [0.717, 1.165) is 25.9 Å². The fourth-order valence-corrected chi connectivity index (χ4v) is 4.67. The minimum absolute atomic E-state index is 0.111. The first kappa shape index (κ1) is 15.2. The van der Waals surface area contributed by atoms with Crippen LogP contribution in [0.4, 0.5) is 0 Å². The van der Waals surface area contributed by atoms with Crippen LogP contribution in [0, 0.1) is 5.92 Å². The molecule has 0 aromatic rings. The maximum absolute atomic E-state index is 12.3. The second kappa shape index (κ2) is 4.93. The van der Waals surface area contributed by atoms with Crippen molar-refractivity contribution in [3.63, 3.8) is 0 Å². The van der Waals surface area contributed by atoms with Gasteiger partial charge >= 0.3 is 0 Å². The van der Waals surface area contributed by atoms with Gasteiger partial charge in [0.25, 0.3) is 0 Å². The molecule has 0 spiro atoms. The van der Waals surface area contributed by atoms with Crippen LogP contribution in [0.5, 0.6) is 0 Å². The Labute approximate surface area is 127 Å². The van der Waals surface area contributed by atoms with Crippen LogP contribution in [-0.4, -0.2) is 79.0 Å². The Kier molecular flexibility index (Phi) is 3.58. The summed E-state index contributed by atoms with van der Waals surface area (Å²) in [5, 5.41) is 0. The van der Waals surface area contributed by atoms with E-state index in [2.05, 4.69) is 18.7 Å². The molecule has 1 atom stereocenters.